The highest BCUT2D eigenvalue weighted by Crippen LogP contribution is 2.52. The van der Waals surface area contributed by atoms with Crippen LogP contribution >= 0.6 is 0 Å². The van der Waals surface area contributed by atoms with Crippen molar-refractivity contribution in [2.24, 2.45) is 0 Å². The second-order valence-corrected chi connectivity index (χ2v) is 13.8. The molecule has 0 N–H and O–H groups in total. The molecule has 2 unspecified atom stereocenters. The van der Waals surface area contributed by atoms with Crippen LogP contribution in [0.2, 0.25) is 0 Å². The Balaban J connectivity index is 1.38. The molecular formula is C46H36N2. The lowest BCUT2D eigenvalue weighted by atomic mass is 9.85. The van der Waals surface area contributed by atoms with Gasteiger partial charge in [0.1, 0.15) is 0 Å². The molecule has 0 fully saturated rings. The van der Waals surface area contributed by atoms with Crippen molar-refractivity contribution >= 4 is 55.1 Å². The minimum absolute atomic E-state index is 0.361. The lowest BCUT2D eigenvalue weighted by Crippen LogP contribution is -2.25. The monoisotopic (exact) mass is 616 g/mol. The van der Waals surface area contributed by atoms with Gasteiger partial charge in [-0.1, -0.05) is 121 Å². The van der Waals surface area contributed by atoms with Gasteiger partial charge in [0.25, 0.3) is 0 Å². The highest BCUT2D eigenvalue weighted by Gasteiger charge is 2.32. The Morgan fingerprint density at radius 2 is 0.854 bits per heavy atom. The first-order valence-electron chi connectivity index (χ1n) is 17.3. The van der Waals surface area contributed by atoms with E-state index < -0.39 is 0 Å². The molecule has 0 spiro atoms. The number of nitrogens with zero attached hydrogens (tertiary/aromatic N) is 2. The molecule has 2 aliphatic heterocycles. The molecule has 0 bridgehead atoms. The van der Waals surface area contributed by atoms with Gasteiger partial charge in [0.2, 0.25) is 0 Å². The molecule has 0 aromatic heterocycles. The topological polar surface area (TPSA) is 6.48 Å². The third-order valence-electron chi connectivity index (χ3n) is 11.0. The minimum atomic E-state index is 0.361. The van der Waals surface area contributed by atoms with E-state index in [-0.39, 0.29) is 0 Å². The highest BCUT2D eigenvalue weighted by atomic mass is 15.2. The smallest absolute Gasteiger partial charge is 0.0500 e. The number of fused-ring (bicyclic) bond motifs is 2. The SMILES string of the molecule is CC1Cc2ccccc2N1c1cc2c(-c3ccccc3)cc(N3c4ccccc4CC3C)c3ccc4c(-c5ccccc5)ccc1c4c23. The average Bonchev–Trinajstić information content (AvgIpc) is 3.65. The van der Waals surface area contributed by atoms with E-state index in [1.165, 1.54) is 88.4 Å². The Morgan fingerprint density at radius 3 is 1.46 bits per heavy atom. The summed E-state index contributed by atoms with van der Waals surface area (Å²) in [6.07, 6.45) is 2.10. The zero-order valence-corrected chi connectivity index (χ0v) is 27.3. The molecule has 10 rings (SSSR count). The van der Waals surface area contributed by atoms with Gasteiger partial charge < -0.3 is 9.80 Å². The molecule has 2 heterocycles. The van der Waals surface area contributed by atoms with E-state index in [1.54, 1.807) is 0 Å². The summed E-state index contributed by atoms with van der Waals surface area (Å²) in [6.45, 7) is 4.75. The molecule has 2 atom stereocenters. The van der Waals surface area contributed by atoms with Gasteiger partial charge in [-0.2, -0.15) is 0 Å². The van der Waals surface area contributed by atoms with Gasteiger partial charge in [0.05, 0.1) is 0 Å². The summed E-state index contributed by atoms with van der Waals surface area (Å²) >= 11 is 0. The summed E-state index contributed by atoms with van der Waals surface area (Å²) in [5.74, 6) is 0. The molecule has 0 saturated heterocycles. The van der Waals surface area contributed by atoms with Crippen LogP contribution in [0.1, 0.15) is 25.0 Å². The van der Waals surface area contributed by atoms with E-state index in [0.29, 0.717) is 12.1 Å². The van der Waals surface area contributed by atoms with Crippen LogP contribution < -0.4 is 9.80 Å². The zero-order valence-electron chi connectivity index (χ0n) is 27.3. The number of hydrogen-bond acceptors (Lipinski definition) is 2. The summed E-state index contributed by atoms with van der Waals surface area (Å²) in [5.41, 5.74) is 13.2. The number of benzene rings is 8. The van der Waals surface area contributed by atoms with Crippen LogP contribution in [0.4, 0.5) is 22.7 Å². The van der Waals surface area contributed by atoms with Gasteiger partial charge in [0, 0.05) is 56.4 Å². The van der Waals surface area contributed by atoms with Crippen molar-refractivity contribution < 1.29 is 0 Å². The summed E-state index contributed by atoms with van der Waals surface area (Å²) in [4.78, 5) is 5.21. The van der Waals surface area contributed by atoms with Gasteiger partial charge in [0.15, 0.2) is 0 Å². The van der Waals surface area contributed by atoms with Crippen LogP contribution in [0.3, 0.4) is 0 Å². The summed E-state index contributed by atoms with van der Waals surface area (Å²) < 4.78 is 0. The van der Waals surface area contributed by atoms with Crippen molar-refractivity contribution in [2.45, 2.75) is 38.8 Å². The fraction of sp³-hybridized carbons (Fsp3) is 0.130. The Morgan fingerprint density at radius 1 is 0.396 bits per heavy atom. The Hall–Kier alpha value is -5.60. The van der Waals surface area contributed by atoms with Crippen molar-refractivity contribution in [3.8, 4) is 22.3 Å². The molecule has 2 aliphatic rings. The molecule has 230 valence electrons. The molecular weight excluding hydrogens is 581 g/mol. The third kappa shape index (κ3) is 3.93. The molecule has 8 aromatic carbocycles. The van der Waals surface area contributed by atoms with Crippen LogP contribution in [0.25, 0.3) is 54.6 Å². The van der Waals surface area contributed by atoms with E-state index in [9.17, 15) is 0 Å². The van der Waals surface area contributed by atoms with E-state index in [0.717, 1.165) is 12.8 Å². The normalized spacial score (nSPS) is 17.1. The molecule has 2 nitrogen and oxygen atoms in total. The maximum atomic E-state index is 2.61. The Kier molecular flexibility index (Phi) is 5.99. The third-order valence-corrected chi connectivity index (χ3v) is 11.0. The fourth-order valence-corrected chi connectivity index (χ4v) is 8.93. The van der Waals surface area contributed by atoms with Crippen LogP contribution in [0, 0.1) is 0 Å². The lowest BCUT2D eigenvalue weighted by Gasteiger charge is -2.31. The van der Waals surface area contributed by atoms with Crippen molar-refractivity contribution in [1.29, 1.82) is 0 Å². The molecule has 0 saturated carbocycles. The first-order chi connectivity index (χ1) is 23.7. The van der Waals surface area contributed by atoms with Crippen molar-refractivity contribution in [2.75, 3.05) is 9.80 Å². The Labute approximate surface area is 281 Å². The molecule has 0 amide bonds. The molecule has 8 aromatic rings. The average molecular weight is 617 g/mol. The Bertz CT molecular complexity index is 2490. The van der Waals surface area contributed by atoms with Crippen molar-refractivity contribution in [1.82, 2.24) is 0 Å². The first kappa shape index (κ1) is 27.5. The number of rotatable bonds is 4. The van der Waals surface area contributed by atoms with Crippen molar-refractivity contribution in [3.05, 3.63) is 157 Å². The predicted octanol–water partition coefficient (Wildman–Crippen LogP) is 12.1. The zero-order chi connectivity index (χ0) is 31.9. The highest BCUT2D eigenvalue weighted by molar-refractivity contribution is 6.32. The fourth-order valence-electron chi connectivity index (χ4n) is 8.93. The van der Waals surface area contributed by atoms with Gasteiger partial charge in [-0.3, -0.25) is 0 Å². The lowest BCUT2D eigenvalue weighted by molar-refractivity contribution is 0.760. The van der Waals surface area contributed by atoms with Crippen molar-refractivity contribution in [3.63, 3.8) is 0 Å². The van der Waals surface area contributed by atoms with Gasteiger partial charge in [-0.25, -0.2) is 0 Å². The summed E-state index contributed by atoms with van der Waals surface area (Å²) in [7, 11) is 0. The predicted molar refractivity (Wildman–Crippen MR) is 205 cm³/mol. The van der Waals surface area contributed by atoms with Gasteiger partial charge in [-0.15, -0.1) is 0 Å². The molecule has 2 heteroatoms. The standard InChI is InChI=1S/C46H36N2/c1-29-25-33-17-9-11-19-41(33)47(29)43-27-39(32-15-7-4-8-16-32)40-28-44(48-30(2)26-34-18-10-12-20-42(34)48)37-23-21-35(31-13-5-3-6-14-31)36-22-24-38(43)46(40)45(36)37/h3-24,27-30H,25-26H2,1-2H3. The van der Waals surface area contributed by atoms with Crippen LogP contribution in [-0.2, 0) is 12.8 Å². The maximum Gasteiger partial charge on any atom is 0.0500 e. The van der Waals surface area contributed by atoms with Crippen LogP contribution in [0.15, 0.2) is 146 Å². The van der Waals surface area contributed by atoms with E-state index in [1.807, 2.05) is 0 Å². The second kappa shape index (κ2) is 10.5. The minimum Gasteiger partial charge on any atom is -0.338 e. The van der Waals surface area contributed by atoms with E-state index in [2.05, 4.69) is 169 Å². The number of para-hydroxylation sites is 2. The first-order valence-corrected chi connectivity index (χ1v) is 17.3. The molecule has 0 aliphatic carbocycles. The molecule has 48 heavy (non-hydrogen) atoms. The van der Waals surface area contributed by atoms with E-state index >= 15 is 0 Å². The maximum absolute atomic E-state index is 2.61. The molecule has 0 radical (unpaired) electrons. The van der Waals surface area contributed by atoms with Crippen LogP contribution in [-0.4, -0.2) is 12.1 Å². The largest absolute Gasteiger partial charge is 0.338 e. The van der Waals surface area contributed by atoms with Gasteiger partial charge >= 0.3 is 0 Å². The number of anilines is 4. The summed E-state index contributed by atoms with van der Waals surface area (Å²) in [6, 6.07) is 55.1. The second-order valence-electron chi connectivity index (χ2n) is 13.8. The summed E-state index contributed by atoms with van der Waals surface area (Å²) in [5, 5.41) is 7.98. The number of hydrogen-bond donors (Lipinski definition) is 0. The quantitative estimate of drug-likeness (QED) is 0.182. The van der Waals surface area contributed by atoms with Gasteiger partial charge in [-0.05, 0) is 95.1 Å². The van der Waals surface area contributed by atoms with Crippen LogP contribution in [0.5, 0.6) is 0 Å². The van der Waals surface area contributed by atoms with E-state index in [4.69, 9.17) is 0 Å².